The van der Waals surface area contributed by atoms with E-state index in [-0.39, 0.29) is 17.9 Å². The summed E-state index contributed by atoms with van der Waals surface area (Å²) >= 11 is 1.81. The van der Waals surface area contributed by atoms with E-state index in [4.69, 9.17) is 30.7 Å². The highest BCUT2D eigenvalue weighted by Gasteiger charge is 2.32. The average Bonchev–Trinajstić information content (AvgIpc) is 3.30. The van der Waals surface area contributed by atoms with Crippen molar-refractivity contribution in [2.45, 2.75) is 43.8 Å². The fourth-order valence-electron chi connectivity index (χ4n) is 5.57. The molecule has 2 unspecified atom stereocenters. The van der Waals surface area contributed by atoms with Crippen LogP contribution in [-0.4, -0.2) is 95.5 Å². The predicted octanol–water partition coefficient (Wildman–Crippen LogP) is 2.25. The van der Waals surface area contributed by atoms with Gasteiger partial charge in [0.1, 0.15) is 12.6 Å². The highest BCUT2D eigenvalue weighted by molar-refractivity contribution is 7.99. The molecule has 222 valence electrons. The second-order valence-corrected chi connectivity index (χ2v) is 11.7. The summed E-state index contributed by atoms with van der Waals surface area (Å²) in [5, 5.41) is 3.61. The number of rotatable bonds is 10. The van der Waals surface area contributed by atoms with Crippen LogP contribution in [0.15, 0.2) is 36.5 Å². The molecular formula is C29H41N7O4S. The second kappa shape index (κ2) is 14.3. The molecule has 1 aromatic carbocycles. The van der Waals surface area contributed by atoms with Crippen molar-refractivity contribution in [2.75, 3.05) is 63.7 Å². The number of nitrogen functional groups attached to an aromatic ring is 1. The van der Waals surface area contributed by atoms with Crippen molar-refractivity contribution in [3.8, 4) is 11.5 Å². The normalized spacial score (nSPS) is 21.0. The third-order valence-corrected chi connectivity index (χ3v) is 8.90. The number of nitrogens with zero attached hydrogens (tertiary/aromatic N) is 4. The first-order valence-electron chi connectivity index (χ1n) is 14.4. The van der Waals surface area contributed by atoms with Crippen molar-refractivity contribution in [1.82, 2.24) is 24.8 Å². The lowest BCUT2D eigenvalue weighted by atomic mass is 10.0. The Morgan fingerprint density at radius 3 is 2.80 bits per heavy atom. The Kier molecular flexibility index (Phi) is 10.3. The van der Waals surface area contributed by atoms with E-state index < -0.39 is 6.04 Å². The van der Waals surface area contributed by atoms with E-state index in [9.17, 15) is 4.79 Å². The molecule has 4 heterocycles. The molecule has 5 N–H and O–H groups in total. The predicted molar refractivity (Wildman–Crippen MR) is 162 cm³/mol. The molecule has 2 aliphatic heterocycles. The fourth-order valence-corrected chi connectivity index (χ4v) is 6.69. The minimum absolute atomic E-state index is 0.0925. The van der Waals surface area contributed by atoms with Gasteiger partial charge in [0.15, 0.2) is 11.5 Å². The number of fused-ring (bicyclic) bond motifs is 2. The molecule has 1 fully saturated rings. The molecule has 0 bridgehead atoms. The quantitative estimate of drug-likeness (QED) is 0.239. The standard InChI is InChI=1S/C29H41N7O4S/c1-38-15-16-39-25-6-11-32-26-20(18-36-24-5-3-2-4-22(24)34-29(36)31)19-41-17-9-23(28(37)40-27(25)26)33-21-7-12-35(13-8-21)14-10-30/h2-6,11,20-21,23,33H,7-10,12-19,30H2,1H3,(H2,31,34). The van der Waals surface area contributed by atoms with Gasteiger partial charge in [0, 0.05) is 56.7 Å². The fraction of sp³-hybridized carbons (Fsp3) is 0.552. The van der Waals surface area contributed by atoms with Crippen LogP contribution in [0.2, 0.25) is 0 Å². The van der Waals surface area contributed by atoms with E-state index in [1.165, 1.54) is 0 Å². The lowest BCUT2D eigenvalue weighted by Gasteiger charge is -2.34. The number of carbonyl (C=O) groups is 1. The molecule has 0 saturated carbocycles. The van der Waals surface area contributed by atoms with Gasteiger partial charge in [-0.2, -0.15) is 11.8 Å². The van der Waals surface area contributed by atoms with Crippen molar-refractivity contribution >= 4 is 34.7 Å². The topological polar surface area (TPSA) is 143 Å². The molecule has 0 radical (unpaired) electrons. The maximum Gasteiger partial charge on any atom is 0.328 e. The molecule has 41 heavy (non-hydrogen) atoms. The van der Waals surface area contributed by atoms with Crippen LogP contribution >= 0.6 is 11.8 Å². The monoisotopic (exact) mass is 583 g/mol. The largest absolute Gasteiger partial charge is 0.487 e. The number of para-hydroxylation sites is 2. The van der Waals surface area contributed by atoms with Gasteiger partial charge in [-0.05, 0) is 50.2 Å². The Hall–Kier alpha value is -2.90. The number of nitrogens with two attached hydrogens (primary N) is 2. The number of ether oxygens (including phenoxy) is 3. The highest BCUT2D eigenvalue weighted by Crippen LogP contribution is 2.38. The van der Waals surface area contributed by atoms with Crippen LogP contribution in [0.4, 0.5) is 5.95 Å². The summed E-state index contributed by atoms with van der Waals surface area (Å²) in [5.41, 5.74) is 14.6. The minimum atomic E-state index is -0.418. The molecule has 1 saturated heterocycles. The summed E-state index contributed by atoms with van der Waals surface area (Å²) in [6.07, 6.45) is 4.33. The molecule has 5 rings (SSSR count). The summed E-state index contributed by atoms with van der Waals surface area (Å²) in [6.45, 7) is 4.80. The molecule has 2 aromatic heterocycles. The van der Waals surface area contributed by atoms with Gasteiger partial charge < -0.3 is 40.5 Å². The van der Waals surface area contributed by atoms with E-state index in [1.54, 1.807) is 19.4 Å². The summed E-state index contributed by atoms with van der Waals surface area (Å²) in [6, 6.07) is 9.48. The number of thioether (sulfide) groups is 1. The first-order valence-corrected chi connectivity index (χ1v) is 15.5. The third-order valence-electron chi connectivity index (χ3n) is 7.74. The number of nitrogens with one attached hydrogen (secondary N) is 1. The molecule has 2 atom stereocenters. The van der Waals surface area contributed by atoms with Crippen LogP contribution < -0.4 is 26.3 Å². The number of carbonyl (C=O) groups excluding carboxylic acids is 1. The van der Waals surface area contributed by atoms with Crippen molar-refractivity contribution in [2.24, 2.45) is 5.73 Å². The van der Waals surface area contributed by atoms with E-state index in [2.05, 4.69) is 15.2 Å². The molecule has 0 spiro atoms. The molecule has 0 amide bonds. The van der Waals surface area contributed by atoms with Crippen LogP contribution in [0.1, 0.15) is 30.9 Å². The highest BCUT2D eigenvalue weighted by atomic mass is 32.2. The smallest absolute Gasteiger partial charge is 0.328 e. The van der Waals surface area contributed by atoms with Crippen molar-refractivity contribution in [3.63, 3.8) is 0 Å². The molecular weight excluding hydrogens is 542 g/mol. The van der Waals surface area contributed by atoms with Crippen LogP contribution in [0.3, 0.4) is 0 Å². The number of benzene rings is 1. The Balaban J connectivity index is 1.41. The van der Waals surface area contributed by atoms with Crippen LogP contribution in [0, 0.1) is 0 Å². The molecule has 2 aliphatic rings. The zero-order valence-corrected chi connectivity index (χ0v) is 24.5. The molecule has 3 aromatic rings. The van der Waals surface area contributed by atoms with Gasteiger partial charge in [0.05, 0.1) is 23.3 Å². The lowest BCUT2D eigenvalue weighted by molar-refractivity contribution is -0.137. The number of aromatic nitrogens is 3. The summed E-state index contributed by atoms with van der Waals surface area (Å²) in [7, 11) is 1.62. The summed E-state index contributed by atoms with van der Waals surface area (Å²) < 4.78 is 19.4. The Morgan fingerprint density at radius 2 is 2.00 bits per heavy atom. The van der Waals surface area contributed by atoms with E-state index in [0.717, 1.165) is 55.0 Å². The Morgan fingerprint density at radius 1 is 1.17 bits per heavy atom. The first kappa shape index (κ1) is 29.6. The first-order chi connectivity index (χ1) is 20.1. The van der Waals surface area contributed by atoms with Crippen LogP contribution in [0.25, 0.3) is 11.0 Å². The second-order valence-electron chi connectivity index (χ2n) is 10.5. The number of methoxy groups -OCH3 is 1. The van der Waals surface area contributed by atoms with Crippen LogP contribution in [-0.2, 0) is 16.1 Å². The van der Waals surface area contributed by atoms with Gasteiger partial charge in [0.25, 0.3) is 0 Å². The Labute approximate surface area is 245 Å². The lowest BCUT2D eigenvalue weighted by Crippen LogP contribution is -2.50. The molecule has 11 nitrogen and oxygen atoms in total. The van der Waals surface area contributed by atoms with Gasteiger partial charge in [-0.1, -0.05) is 12.1 Å². The van der Waals surface area contributed by atoms with E-state index in [0.29, 0.717) is 55.9 Å². The molecule has 12 heteroatoms. The number of piperidine rings is 1. The number of anilines is 1. The van der Waals surface area contributed by atoms with Gasteiger partial charge in [-0.15, -0.1) is 0 Å². The number of imidazole rings is 1. The van der Waals surface area contributed by atoms with Gasteiger partial charge in [-0.25, -0.2) is 9.78 Å². The van der Waals surface area contributed by atoms with Gasteiger partial charge in [-0.3, -0.25) is 4.98 Å². The van der Waals surface area contributed by atoms with Gasteiger partial charge in [0.2, 0.25) is 5.95 Å². The van der Waals surface area contributed by atoms with E-state index in [1.807, 2.05) is 40.6 Å². The number of pyridine rings is 1. The number of hydrogen-bond donors (Lipinski definition) is 3. The maximum atomic E-state index is 13.7. The van der Waals surface area contributed by atoms with Crippen molar-refractivity contribution in [1.29, 1.82) is 0 Å². The minimum Gasteiger partial charge on any atom is -0.487 e. The zero-order valence-electron chi connectivity index (χ0n) is 23.7. The number of hydrogen-bond acceptors (Lipinski definition) is 11. The average molecular weight is 584 g/mol. The number of esters is 1. The zero-order chi connectivity index (χ0) is 28.6. The summed E-state index contributed by atoms with van der Waals surface area (Å²) in [5.74, 6) is 2.48. The summed E-state index contributed by atoms with van der Waals surface area (Å²) in [4.78, 5) is 25.4. The van der Waals surface area contributed by atoms with Crippen LogP contribution in [0.5, 0.6) is 11.5 Å². The SMILES string of the molecule is COCCOc1ccnc2c1OC(=O)C(NC1CCN(CCN)CC1)CCSCC2Cn1c(N)nc2ccccc21. The third kappa shape index (κ3) is 7.31. The van der Waals surface area contributed by atoms with E-state index >= 15 is 0 Å². The maximum absolute atomic E-state index is 13.7. The van der Waals surface area contributed by atoms with Crippen molar-refractivity contribution in [3.05, 3.63) is 42.2 Å². The van der Waals surface area contributed by atoms with Gasteiger partial charge >= 0.3 is 5.97 Å². The van der Waals surface area contributed by atoms with Crippen molar-refractivity contribution < 1.29 is 19.0 Å². The Bertz CT molecular complexity index is 1300. The number of likely N-dealkylation sites (tertiary alicyclic amines) is 1. The molecule has 0 aliphatic carbocycles.